The van der Waals surface area contributed by atoms with E-state index in [1.54, 1.807) is 0 Å². The maximum absolute atomic E-state index is 16.2. The van der Waals surface area contributed by atoms with Crippen LogP contribution in [0.2, 0.25) is 0 Å². The third-order valence-electron chi connectivity index (χ3n) is 10.9. The highest BCUT2D eigenvalue weighted by molar-refractivity contribution is 5.94. The van der Waals surface area contributed by atoms with Gasteiger partial charge < -0.3 is 19.4 Å². The second-order valence-corrected chi connectivity index (χ2v) is 13.4. The first-order chi connectivity index (χ1) is 21.8. The molecule has 232 valence electrons. The number of piperazine rings is 1. The number of carbonyl (C=O) groups excluding carboxylic acids is 1. The van der Waals surface area contributed by atoms with E-state index < -0.39 is 17.8 Å². The summed E-state index contributed by atoms with van der Waals surface area (Å²) in [5, 5.41) is 0.540. The van der Waals surface area contributed by atoms with Crippen LogP contribution < -0.4 is 9.64 Å². The highest BCUT2D eigenvalue weighted by Gasteiger charge is 2.47. The number of carbonyl (C=O) groups is 1. The molecule has 4 fully saturated rings. The van der Waals surface area contributed by atoms with E-state index in [1.807, 2.05) is 23.1 Å². The molecule has 2 aromatic carbocycles. The van der Waals surface area contributed by atoms with E-state index in [9.17, 15) is 9.18 Å². The summed E-state index contributed by atoms with van der Waals surface area (Å²) in [5.41, 5.74) is 4.62. The van der Waals surface area contributed by atoms with Gasteiger partial charge >= 0.3 is 6.01 Å². The molecule has 0 N–H and O–H groups in total. The molecule has 3 atom stereocenters. The molecule has 2 aliphatic carbocycles. The van der Waals surface area contributed by atoms with Crippen LogP contribution in [0.4, 0.5) is 14.6 Å². The van der Waals surface area contributed by atoms with Crippen LogP contribution in [0.25, 0.3) is 26.9 Å². The monoisotopic (exact) mass is 610 g/mol. The fraction of sp³-hybridized carbons (Fsp3) is 0.486. The van der Waals surface area contributed by atoms with Gasteiger partial charge in [0.15, 0.2) is 5.83 Å². The number of nitrogens with zero attached hydrogens (tertiary/aromatic N) is 6. The normalized spacial score (nSPS) is 24.7. The zero-order valence-corrected chi connectivity index (χ0v) is 25.3. The molecule has 4 heterocycles. The smallest absolute Gasteiger partial charge is 0.319 e. The van der Waals surface area contributed by atoms with Gasteiger partial charge in [0.2, 0.25) is 6.54 Å². The van der Waals surface area contributed by atoms with Crippen molar-refractivity contribution in [1.82, 2.24) is 19.8 Å². The van der Waals surface area contributed by atoms with E-state index in [2.05, 4.69) is 22.4 Å². The largest absolute Gasteiger partial charge is 0.461 e. The average Bonchev–Trinajstić information content (AvgIpc) is 3.32. The lowest BCUT2D eigenvalue weighted by atomic mass is 9.93. The highest BCUT2D eigenvalue weighted by atomic mass is 19.1. The minimum atomic E-state index is -1.05. The first kappa shape index (κ1) is 28.4. The highest BCUT2D eigenvalue weighted by Crippen LogP contribution is 2.58. The van der Waals surface area contributed by atoms with Crippen molar-refractivity contribution in [3.63, 3.8) is 0 Å². The Morgan fingerprint density at radius 3 is 2.73 bits per heavy atom. The maximum Gasteiger partial charge on any atom is 0.319 e. The molecule has 5 aliphatic rings. The summed E-state index contributed by atoms with van der Waals surface area (Å²) in [6, 6.07) is 9.20. The molecule has 1 aromatic heterocycles. The van der Waals surface area contributed by atoms with Crippen molar-refractivity contribution < 1.29 is 18.3 Å². The van der Waals surface area contributed by atoms with Gasteiger partial charge in [-0.15, -0.1) is 0 Å². The first-order valence-corrected chi connectivity index (χ1v) is 16.1. The molecule has 0 spiro atoms. The molecule has 3 aliphatic heterocycles. The molecule has 10 heteroatoms. The zero-order valence-electron chi connectivity index (χ0n) is 25.3. The second-order valence-electron chi connectivity index (χ2n) is 13.4. The molecule has 8 nitrogen and oxygen atoms in total. The number of halogens is 2. The van der Waals surface area contributed by atoms with Gasteiger partial charge in [0.05, 0.1) is 11.1 Å². The van der Waals surface area contributed by atoms with Gasteiger partial charge in [-0.2, -0.15) is 9.97 Å². The van der Waals surface area contributed by atoms with Gasteiger partial charge in [-0.1, -0.05) is 24.8 Å². The Morgan fingerprint density at radius 1 is 1.13 bits per heavy atom. The van der Waals surface area contributed by atoms with Gasteiger partial charge in [0.25, 0.3) is 5.91 Å². The Hall–Kier alpha value is -4.10. The van der Waals surface area contributed by atoms with Gasteiger partial charge in [0, 0.05) is 30.6 Å². The topological polar surface area (TPSA) is 66.2 Å². The number of ether oxygens (including phenoxy) is 1. The third-order valence-corrected chi connectivity index (χ3v) is 10.9. The number of amides is 1. The van der Waals surface area contributed by atoms with Gasteiger partial charge in [-0.3, -0.25) is 9.69 Å². The SMILES string of the molecule is [C-]#[N+]C[C@H]1CN(c2nc(OCC34CCCN3CCC4)nc3cc(-c4cccc5c4[C@@H]4C[C@@H]4C5)c(F)cc23)CCN1C(=O)C(=C)F. The number of fused-ring (bicyclic) bond motifs is 5. The third kappa shape index (κ3) is 4.75. The van der Waals surface area contributed by atoms with Crippen molar-refractivity contribution >= 4 is 22.6 Å². The summed E-state index contributed by atoms with van der Waals surface area (Å²) in [7, 11) is 0. The van der Waals surface area contributed by atoms with E-state index in [4.69, 9.17) is 21.3 Å². The second kappa shape index (κ2) is 10.8. The predicted octanol–water partition coefficient (Wildman–Crippen LogP) is 5.52. The molecule has 8 rings (SSSR count). The van der Waals surface area contributed by atoms with E-state index >= 15 is 4.39 Å². The van der Waals surface area contributed by atoms with Crippen LogP contribution in [-0.2, 0) is 11.2 Å². The Labute approximate surface area is 261 Å². The van der Waals surface area contributed by atoms with Crippen LogP contribution in [-0.4, -0.2) is 83.1 Å². The molecular weight excluding hydrogens is 574 g/mol. The van der Waals surface area contributed by atoms with E-state index in [0.717, 1.165) is 57.2 Å². The summed E-state index contributed by atoms with van der Waals surface area (Å²) in [6.07, 6.45) is 6.68. The summed E-state index contributed by atoms with van der Waals surface area (Å²) in [4.78, 5) is 31.6. The Kier molecular flexibility index (Phi) is 6.79. The van der Waals surface area contributed by atoms with E-state index in [1.165, 1.54) is 22.1 Å². The first-order valence-electron chi connectivity index (χ1n) is 16.1. The van der Waals surface area contributed by atoms with Crippen molar-refractivity contribution in [2.75, 3.05) is 50.8 Å². The van der Waals surface area contributed by atoms with Crippen LogP contribution >= 0.6 is 0 Å². The minimum Gasteiger partial charge on any atom is -0.461 e. The molecule has 3 aromatic rings. The Balaban J connectivity index is 1.20. The average molecular weight is 611 g/mol. The predicted molar refractivity (Wildman–Crippen MR) is 167 cm³/mol. The molecule has 1 amide bonds. The molecular formula is C35H36F2N6O2. The molecule has 3 saturated heterocycles. The van der Waals surface area contributed by atoms with Crippen molar-refractivity contribution in [3.8, 4) is 17.1 Å². The number of hydrogen-bond acceptors (Lipinski definition) is 6. The standard InChI is InChI=1S/C35H36F2N6O2/c1-21(36)33(44)43-13-12-41(19-24(43)18-38-2)32-28-16-29(37)27(25-7-3-6-22-14-23-15-26(23)31(22)25)17-30(28)39-34(40-32)45-20-35-8-4-10-42(35)11-5-9-35/h3,6-7,16-17,23-24,26H,1,4-5,8-15,18-20H2/t23-,24-,26+/m0/s1. The number of hydrogen-bond donors (Lipinski definition) is 0. The molecule has 0 radical (unpaired) electrons. The summed E-state index contributed by atoms with van der Waals surface area (Å²) in [5.74, 6) is -0.522. The summed E-state index contributed by atoms with van der Waals surface area (Å²) >= 11 is 0. The van der Waals surface area contributed by atoms with Crippen LogP contribution in [0.5, 0.6) is 6.01 Å². The lowest BCUT2D eigenvalue weighted by Crippen LogP contribution is -2.56. The zero-order chi connectivity index (χ0) is 30.9. The van der Waals surface area contributed by atoms with Crippen LogP contribution in [0.1, 0.15) is 49.1 Å². The lowest BCUT2D eigenvalue weighted by molar-refractivity contribution is -0.131. The fourth-order valence-electron chi connectivity index (χ4n) is 8.59. The summed E-state index contributed by atoms with van der Waals surface area (Å²) < 4.78 is 36.4. The van der Waals surface area contributed by atoms with Crippen molar-refractivity contribution in [2.24, 2.45) is 5.92 Å². The Bertz CT molecular complexity index is 1760. The lowest BCUT2D eigenvalue weighted by Gasteiger charge is -2.39. The molecule has 0 bridgehead atoms. The van der Waals surface area contributed by atoms with E-state index in [-0.39, 0.29) is 37.0 Å². The van der Waals surface area contributed by atoms with Gasteiger partial charge in [-0.25, -0.2) is 15.4 Å². The van der Waals surface area contributed by atoms with Gasteiger partial charge in [-0.05, 0) is 92.3 Å². The summed E-state index contributed by atoms with van der Waals surface area (Å²) in [6.45, 7) is 14.0. The van der Waals surface area contributed by atoms with Crippen LogP contribution in [0, 0.1) is 18.3 Å². The van der Waals surface area contributed by atoms with E-state index in [0.29, 0.717) is 47.3 Å². The minimum absolute atomic E-state index is 0.0000351. The van der Waals surface area contributed by atoms with Crippen LogP contribution in [0.15, 0.2) is 42.7 Å². The van der Waals surface area contributed by atoms with Crippen molar-refractivity contribution in [3.05, 3.63) is 71.1 Å². The number of benzene rings is 2. The molecule has 0 unspecified atom stereocenters. The Morgan fingerprint density at radius 2 is 1.96 bits per heavy atom. The van der Waals surface area contributed by atoms with Gasteiger partial charge in [0.1, 0.15) is 24.3 Å². The quantitative estimate of drug-likeness (QED) is 0.259. The van der Waals surface area contributed by atoms with Crippen molar-refractivity contribution in [2.45, 2.75) is 56.0 Å². The maximum atomic E-state index is 16.2. The number of aromatic nitrogens is 2. The van der Waals surface area contributed by atoms with Crippen LogP contribution in [0.3, 0.4) is 0 Å². The number of anilines is 1. The van der Waals surface area contributed by atoms with Crippen molar-refractivity contribution in [1.29, 1.82) is 0 Å². The number of rotatable bonds is 7. The fourth-order valence-corrected chi connectivity index (χ4v) is 8.59. The molecule has 45 heavy (non-hydrogen) atoms. The molecule has 1 saturated carbocycles.